The summed E-state index contributed by atoms with van der Waals surface area (Å²) in [6.07, 6.45) is 4.57. The van der Waals surface area contributed by atoms with E-state index in [1.807, 2.05) is 12.1 Å². The van der Waals surface area contributed by atoms with E-state index in [1.54, 1.807) is 35.9 Å². The van der Waals surface area contributed by atoms with Crippen LogP contribution in [0.15, 0.2) is 41.6 Å². The number of ether oxygens (including phenoxy) is 1. The molecule has 0 aliphatic carbocycles. The molecule has 1 aromatic carbocycles. The van der Waals surface area contributed by atoms with Gasteiger partial charge in [-0.05, 0) is 36.5 Å². The van der Waals surface area contributed by atoms with Crippen LogP contribution in [0.3, 0.4) is 0 Å². The van der Waals surface area contributed by atoms with E-state index >= 15 is 0 Å². The summed E-state index contributed by atoms with van der Waals surface area (Å²) >= 11 is 0. The second kappa shape index (κ2) is 8.22. The van der Waals surface area contributed by atoms with Crippen LogP contribution < -0.4 is 10.1 Å². The SMILES string of the molecule is COc1nccnc1NC1CCN(S(=O)(=O)c2ccc(C(C)C)cc2)CC1. The summed E-state index contributed by atoms with van der Waals surface area (Å²) in [5, 5.41) is 3.31. The number of anilines is 1. The molecule has 8 heteroatoms. The summed E-state index contributed by atoms with van der Waals surface area (Å²) in [4.78, 5) is 8.73. The first-order valence-corrected chi connectivity index (χ1v) is 10.6. The summed E-state index contributed by atoms with van der Waals surface area (Å²) in [6, 6.07) is 7.34. The van der Waals surface area contributed by atoms with Crippen LogP contribution in [0.2, 0.25) is 0 Å². The van der Waals surface area contributed by atoms with E-state index in [-0.39, 0.29) is 6.04 Å². The maximum absolute atomic E-state index is 12.9. The molecule has 27 heavy (non-hydrogen) atoms. The monoisotopic (exact) mass is 390 g/mol. The largest absolute Gasteiger partial charge is 0.478 e. The van der Waals surface area contributed by atoms with Gasteiger partial charge >= 0.3 is 0 Å². The summed E-state index contributed by atoms with van der Waals surface area (Å²) in [5.41, 5.74) is 1.13. The predicted molar refractivity (Wildman–Crippen MR) is 105 cm³/mol. The summed E-state index contributed by atoms with van der Waals surface area (Å²) < 4.78 is 32.6. The minimum Gasteiger partial charge on any atom is -0.478 e. The first-order valence-electron chi connectivity index (χ1n) is 9.13. The zero-order chi connectivity index (χ0) is 19.4. The van der Waals surface area contributed by atoms with Gasteiger partial charge in [-0.25, -0.2) is 18.4 Å². The van der Waals surface area contributed by atoms with Gasteiger partial charge in [0.15, 0.2) is 5.82 Å². The van der Waals surface area contributed by atoms with Gasteiger partial charge in [0, 0.05) is 31.5 Å². The third-order valence-corrected chi connectivity index (χ3v) is 6.75. The van der Waals surface area contributed by atoms with Crippen LogP contribution in [0.1, 0.15) is 38.2 Å². The second-order valence-electron chi connectivity index (χ2n) is 6.96. The summed E-state index contributed by atoms with van der Waals surface area (Å²) in [5.74, 6) is 1.41. The molecule has 0 radical (unpaired) electrons. The van der Waals surface area contributed by atoms with Crippen molar-refractivity contribution in [3.63, 3.8) is 0 Å². The lowest BCUT2D eigenvalue weighted by atomic mass is 10.0. The number of piperidine rings is 1. The lowest BCUT2D eigenvalue weighted by Crippen LogP contribution is -2.42. The van der Waals surface area contributed by atoms with E-state index < -0.39 is 10.0 Å². The lowest BCUT2D eigenvalue weighted by molar-refractivity contribution is 0.328. The summed E-state index contributed by atoms with van der Waals surface area (Å²) in [6.45, 7) is 5.11. The highest BCUT2D eigenvalue weighted by Gasteiger charge is 2.29. The Balaban J connectivity index is 1.64. The number of aromatic nitrogens is 2. The average molecular weight is 391 g/mol. The van der Waals surface area contributed by atoms with E-state index in [1.165, 1.54) is 0 Å². The van der Waals surface area contributed by atoms with E-state index in [0.29, 0.717) is 48.4 Å². The van der Waals surface area contributed by atoms with Crippen molar-refractivity contribution in [3.8, 4) is 5.88 Å². The van der Waals surface area contributed by atoms with Gasteiger partial charge in [0.2, 0.25) is 10.0 Å². The molecule has 1 fully saturated rings. The highest BCUT2D eigenvalue weighted by atomic mass is 32.2. The van der Waals surface area contributed by atoms with Crippen molar-refractivity contribution in [1.82, 2.24) is 14.3 Å². The topological polar surface area (TPSA) is 84.4 Å². The number of benzene rings is 1. The van der Waals surface area contributed by atoms with E-state index in [2.05, 4.69) is 29.1 Å². The Labute approximate surface area is 160 Å². The van der Waals surface area contributed by atoms with E-state index in [0.717, 1.165) is 5.56 Å². The zero-order valence-electron chi connectivity index (χ0n) is 15.9. The van der Waals surface area contributed by atoms with Gasteiger partial charge in [-0.3, -0.25) is 0 Å². The number of hydrogen-bond acceptors (Lipinski definition) is 6. The normalized spacial score (nSPS) is 16.4. The molecule has 0 spiro atoms. The van der Waals surface area contributed by atoms with Crippen LogP contribution in [0.25, 0.3) is 0 Å². The van der Waals surface area contributed by atoms with Crippen molar-refractivity contribution in [1.29, 1.82) is 0 Å². The van der Waals surface area contributed by atoms with Gasteiger partial charge < -0.3 is 10.1 Å². The molecule has 3 rings (SSSR count). The predicted octanol–water partition coefficient (Wildman–Crippen LogP) is 2.87. The van der Waals surface area contributed by atoms with Gasteiger partial charge in [0.1, 0.15) is 0 Å². The molecule has 1 aliphatic heterocycles. The fourth-order valence-electron chi connectivity index (χ4n) is 3.18. The minimum absolute atomic E-state index is 0.130. The van der Waals surface area contributed by atoms with Crippen LogP contribution in [-0.2, 0) is 10.0 Å². The molecule has 0 amide bonds. The number of nitrogens with zero attached hydrogens (tertiary/aromatic N) is 3. The molecule has 146 valence electrons. The fourth-order valence-corrected chi connectivity index (χ4v) is 4.65. The Hall–Kier alpha value is -2.19. The van der Waals surface area contributed by atoms with Crippen molar-refractivity contribution >= 4 is 15.8 Å². The smallest absolute Gasteiger partial charge is 0.257 e. The highest BCUT2D eigenvalue weighted by Crippen LogP contribution is 2.25. The highest BCUT2D eigenvalue weighted by molar-refractivity contribution is 7.89. The molecule has 0 atom stereocenters. The Morgan fingerprint density at radius 3 is 2.33 bits per heavy atom. The molecule has 0 saturated carbocycles. The molecular weight excluding hydrogens is 364 g/mol. The second-order valence-corrected chi connectivity index (χ2v) is 8.90. The number of rotatable bonds is 6. The van der Waals surface area contributed by atoms with E-state index in [9.17, 15) is 8.42 Å². The maximum Gasteiger partial charge on any atom is 0.257 e. The van der Waals surface area contributed by atoms with Crippen LogP contribution in [0.5, 0.6) is 5.88 Å². The zero-order valence-corrected chi connectivity index (χ0v) is 16.7. The van der Waals surface area contributed by atoms with Crippen molar-refractivity contribution < 1.29 is 13.2 Å². The van der Waals surface area contributed by atoms with Crippen molar-refractivity contribution in [2.75, 3.05) is 25.5 Å². The molecule has 0 unspecified atom stereocenters. The lowest BCUT2D eigenvalue weighted by Gasteiger charge is -2.32. The van der Waals surface area contributed by atoms with Crippen molar-refractivity contribution in [3.05, 3.63) is 42.2 Å². The number of methoxy groups -OCH3 is 1. The molecule has 7 nitrogen and oxygen atoms in total. The molecule has 2 heterocycles. The molecular formula is C19H26N4O3S. The quantitative estimate of drug-likeness (QED) is 0.816. The van der Waals surface area contributed by atoms with Gasteiger partial charge in [-0.2, -0.15) is 4.31 Å². The van der Waals surface area contributed by atoms with E-state index in [4.69, 9.17) is 4.74 Å². The molecule has 1 saturated heterocycles. The Kier molecular flexibility index (Phi) is 5.96. The molecule has 2 aromatic rings. The van der Waals surface area contributed by atoms with Gasteiger partial charge in [-0.15, -0.1) is 0 Å². The standard InChI is InChI=1S/C19H26N4O3S/c1-14(2)15-4-6-17(7-5-15)27(24,25)23-12-8-16(9-13-23)22-18-19(26-3)21-11-10-20-18/h4-7,10-11,14,16H,8-9,12-13H2,1-3H3,(H,20,22). The van der Waals surface area contributed by atoms with Gasteiger partial charge in [0.05, 0.1) is 12.0 Å². The van der Waals surface area contributed by atoms with Crippen LogP contribution in [0, 0.1) is 0 Å². The third kappa shape index (κ3) is 4.39. The van der Waals surface area contributed by atoms with Crippen molar-refractivity contribution in [2.45, 2.75) is 43.5 Å². The van der Waals surface area contributed by atoms with Crippen LogP contribution >= 0.6 is 0 Å². The molecule has 1 aromatic heterocycles. The maximum atomic E-state index is 12.9. The Morgan fingerprint density at radius 2 is 1.74 bits per heavy atom. The van der Waals surface area contributed by atoms with Gasteiger partial charge in [-0.1, -0.05) is 26.0 Å². The summed E-state index contributed by atoms with van der Waals surface area (Å²) in [7, 11) is -1.91. The van der Waals surface area contributed by atoms with Crippen LogP contribution in [0.4, 0.5) is 5.82 Å². The first-order chi connectivity index (χ1) is 12.9. The fraction of sp³-hybridized carbons (Fsp3) is 0.474. The molecule has 0 bridgehead atoms. The third-order valence-electron chi connectivity index (χ3n) is 4.84. The Morgan fingerprint density at radius 1 is 1.11 bits per heavy atom. The van der Waals surface area contributed by atoms with Gasteiger partial charge in [0.25, 0.3) is 5.88 Å². The first kappa shape index (κ1) is 19.6. The van der Waals surface area contributed by atoms with Crippen molar-refractivity contribution in [2.24, 2.45) is 0 Å². The molecule has 1 aliphatic rings. The Bertz CT molecular complexity index is 861. The number of hydrogen-bond donors (Lipinski definition) is 1. The number of sulfonamides is 1. The average Bonchev–Trinajstić information content (AvgIpc) is 2.69. The molecule has 1 N–H and O–H groups in total. The number of nitrogens with one attached hydrogen (secondary N) is 1. The minimum atomic E-state index is -3.46. The van der Waals surface area contributed by atoms with Crippen LogP contribution in [-0.4, -0.2) is 48.9 Å².